The molecule has 0 spiro atoms. The number of allylic oxidation sites excluding steroid dienone is 1. The normalized spacial score (nSPS) is 16.6. The smallest absolute Gasteiger partial charge is 0.228 e. The Morgan fingerprint density at radius 2 is 2.05 bits per heavy atom. The fraction of sp³-hybridized carbons (Fsp3) is 0.125. The Bertz CT molecular complexity index is 847. The number of fused-ring (bicyclic) bond motifs is 1. The predicted molar refractivity (Wildman–Crippen MR) is 76.6 cm³/mol. The molecule has 6 heteroatoms. The average molecular weight is 296 g/mol. The largest absolute Gasteiger partial charge is 0.458 e. The maximum atomic E-state index is 12.1. The molecule has 110 valence electrons. The van der Waals surface area contributed by atoms with Gasteiger partial charge in [-0.05, 0) is 5.56 Å². The van der Waals surface area contributed by atoms with Gasteiger partial charge in [0.1, 0.15) is 24.0 Å². The molecule has 0 saturated carbocycles. The van der Waals surface area contributed by atoms with E-state index in [1.165, 1.54) is 0 Å². The van der Waals surface area contributed by atoms with Crippen molar-refractivity contribution in [2.24, 2.45) is 5.73 Å². The molecule has 0 aliphatic carbocycles. The van der Waals surface area contributed by atoms with Gasteiger partial charge in [0, 0.05) is 6.07 Å². The van der Waals surface area contributed by atoms with Crippen molar-refractivity contribution in [1.29, 1.82) is 5.26 Å². The van der Waals surface area contributed by atoms with Gasteiger partial charge in [0.2, 0.25) is 17.1 Å². The molecule has 0 radical (unpaired) electrons. The molecule has 0 fully saturated rings. The molecule has 2 heterocycles. The van der Waals surface area contributed by atoms with E-state index >= 15 is 0 Å². The van der Waals surface area contributed by atoms with Crippen LogP contribution in [0, 0.1) is 11.3 Å². The Balaban J connectivity index is 2.30. The predicted octanol–water partition coefficient (Wildman–Crippen LogP) is 1.35. The fourth-order valence-electron chi connectivity index (χ4n) is 2.44. The van der Waals surface area contributed by atoms with Crippen molar-refractivity contribution in [2.45, 2.75) is 12.5 Å². The summed E-state index contributed by atoms with van der Waals surface area (Å²) in [5.74, 6) is -0.538. The highest BCUT2D eigenvalue weighted by Gasteiger charge is 2.34. The van der Waals surface area contributed by atoms with Crippen LogP contribution in [0.15, 0.2) is 57.1 Å². The minimum Gasteiger partial charge on any atom is -0.458 e. The Morgan fingerprint density at radius 3 is 2.68 bits per heavy atom. The second kappa shape index (κ2) is 5.39. The second-order valence-corrected chi connectivity index (χ2v) is 4.76. The third-order valence-corrected chi connectivity index (χ3v) is 3.42. The van der Waals surface area contributed by atoms with Crippen molar-refractivity contribution in [3.8, 4) is 11.8 Å². The van der Waals surface area contributed by atoms with Gasteiger partial charge >= 0.3 is 0 Å². The Kier molecular flexibility index (Phi) is 3.41. The topological polar surface area (TPSA) is 109 Å². The summed E-state index contributed by atoms with van der Waals surface area (Å²) in [4.78, 5) is 12.1. The van der Waals surface area contributed by atoms with Crippen LogP contribution in [-0.4, -0.2) is 5.11 Å². The lowest BCUT2D eigenvalue weighted by Gasteiger charge is -2.24. The number of nitriles is 1. The summed E-state index contributed by atoms with van der Waals surface area (Å²) in [6.07, 6.45) is 0. The molecule has 1 aromatic heterocycles. The second-order valence-electron chi connectivity index (χ2n) is 4.76. The van der Waals surface area contributed by atoms with Gasteiger partial charge in [0.25, 0.3) is 0 Å². The van der Waals surface area contributed by atoms with E-state index in [9.17, 15) is 15.2 Å². The van der Waals surface area contributed by atoms with Crippen LogP contribution in [0.3, 0.4) is 0 Å². The average Bonchev–Trinajstić information content (AvgIpc) is 2.55. The van der Waals surface area contributed by atoms with E-state index in [0.29, 0.717) is 0 Å². The first kappa shape index (κ1) is 13.9. The van der Waals surface area contributed by atoms with Gasteiger partial charge in [0.15, 0.2) is 5.76 Å². The molecule has 3 N–H and O–H groups in total. The van der Waals surface area contributed by atoms with E-state index in [1.54, 1.807) is 12.1 Å². The van der Waals surface area contributed by atoms with E-state index in [1.807, 2.05) is 24.3 Å². The van der Waals surface area contributed by atoms with E-state index in [2.05, 4.69) is 0 Å². The zero-order chi connectivity index (χ0) is 15.7. The molecule has 2 aromatic rings. The first-order valence-electron chi connectivity index (χ1n) is 6.56. The van der Waals surface area contributed by atoms with Crippen LogP contribution in [0.4, 0.5) is 0 Å². The van der Waals surface area contributed by atoms with Gasteiger partial charge in [-0.2, -0.15) is 5.26 Å². The molecule has 1 aliphatic rings. The monoisotopic (exact) mass is 296 g/mol. The Labute approximate surface area is 125 Å². The molecule has 1 aromatic carbocycles. The number of aliphatic hydroxyl groups is 1. The minimum atomic E-state index is -0.644. The summed E-state index contributed by atoms with van der Waals surface area (Å²) >= 11 is 0. The van der Waals surface area contributed by atoms with Gasteiger partial charge in [-0.1, -0.05) is 30.3 Å². The Morgan fingerprint density at radius 1 is 1.32 bits per heavy atom. The molecule has 22 heavy (non-hydrogen) atoms. The zero-order valence-electron chi connectivity index (χ0n) is 11.4. The highest BCUT2D eigenvalue weighted by atomic mass is 16.5. The first-order valence-corrected chi connectivity index (χ1v) is 6.56. The molecule has 0 unspecified atom stereocenters. The van der Waals surface area contributed by atoms with Crippen LogP contribution in [0.2, 0.25) is 0 Å². The number of aliphatic hydroxyl groups excluding tert-OH is 1. The number of nitrogens with two attached hydrogens (primary N) is 1. The van der Waals surface area contributed by atoms with Crippen molar-refractivity contribution in [3.05, 3.63) is 75.2 Å². The van der Waals surface area contributed by atoms with Gasteiger partial charge in [0.05, 0.1) is 5.92 Å². The van der Waals surface area contributed by atoms with Gasteiger partial charge in [-0.25, -0.2) is 0 Å². The number of hydrogen-bond acceptors (Lipinski definition) is 6. The third kappa shape index (κ3) is 2.14. The molecule has 0 amide bonds. The van der Waals surface area contributed by atoms with E-state index in [0.717, 1.165) is 11.6 Å². The number of ether oxygens (including phenoxy) is 1. The van der Waals surface area contributed by atoms with Crippen molar-refractivity contribution in [2.75, 3.05) is 0 Å². The summed E-state index contributed by atoms with van der Waals surface area (Å²) in [6, 6.07) is 12.2. The summed E-state index contributed by atoms with van der Waals surface area (Å²) in [6.45, 7) is -0.425. The summed E-state index contributed by atoms with van der Waals surface area (Å²) < 4.78 is 10.8. The zero-order valence-corrected chi connectivity index (χ0v) is 11.4. The SMILES string of the molecule is N#CC1=C(N)Oc2c(oc(CO)cc2=O)[C@@H]1c1ccccc1. The van der Waals surface area contributed by atoms with Gasteiger partial charge in [-0.15, -0.1) is 0 Å². The van der Waals surface area contributed by atoms with Crippen LogP contribution in [0.1, 0.15) is 23.0 Å². The minimum absolute atomic E-state index is 0.0532. The van der Waals surface area contributed by atoms with Crippen LogP contribution in [0.5, 0.6) is 5.75 Å². The molecular weight excluding hydrogens is 284 g/mol. The highest BCUT2D eigenvalue weighted by Crippen LogP contribution is 2.40. The number of rotatable bonds is 2. The van der Waals surface area contributed by atoms with Crippen molar-refractivity contribution in [3.63, 3.8) is 0 Å². The van der Waals surface area contributed by atoms with E-state index in [4.69, 9.17) is 14.9 Å². The van der Waals surface area contributed by atoms with Crippen molar-refractivity contribution >= 4 is 0 Å². The molecule has 3 rings (SSSR count). The van der Waals surface area contributed by atoms with E-state index < -0.39 is 18.0 Å². The van der Waals surface area contributed by atoms with Gasteiger partial charge < -0.3 is 20.0 Å². The quantitative estimate of drug-likeness (QED) is 0.865. The van der Waals surface area contributed by atoms with E-state index in [-0.39, 0.29) is 28.7 Å². The van der Waals surface area contributed by atoms with Crippen LogP contribution >= 0.6 is 0 Å². The lowest BCUT2D eigenvalue weighted by molar-refractivity contribution is 0.231. The lowest BCUT2D eigenvalue weighted by Crippen LogP contribution is -2.25. The maximum absolute atomic E-state index is 12.1. The highest BCUT2D eigenvalue weighted by molar-refractivity contribution is 5.51. The molecular formula is C16H12N2O4. The fourth-order valence-corrected chi connectivity index (χ4v) is 2.44. The third-order valence-electron chi connectivity index (χ3n) is 3.42. The molecule has 0 saturated heterocycles. The standard InChI is InChI=1S/C16H12N2O4/c17-7-11-13(9-4-2-1-3-5-9)15-14(22-16(11)18)12(20)6-10(8-19)21-15/h1-6,13,19H,8,18H2/t13-/m1/s1. The van der Waals surface area contributed by atoms with Crippen molar-refractivity contribution < 1.29 is 14.3 Å². The molecule has 1 atom stereocenters. The number of benzene rings is 1. The van der Waals surface area contributed by atoms with Gasteiger partial charge in [-0.3, -0.25) is 4.79 Å². The number of nitrogens with zero attached hydrogens (tertiary/aromatic N) is 1. The number of hydrogen-bond donors (Lipinski definition) is 2. The summed E-state index contributed by atoms with van der Waals surface area (Å²) in [5.41, 5.74) is 6.23. The summed E-state index contributed by atoms with van der Waals surface area (Å²) in [7, 11) is 0. The lowest BCUT2D eigenvalue weighted by atomic mass is 9.87. The maximum Gasteiger partial charge on any atom is 0.228 e. The van der Waals surface area contributed by atoms with Crippen LogP contribution in [0.25, 0.3) is 0 Å². The first-order chi connectivity index (χ1) is 10.7. The molecule has 0 bridgehead atoms. The van der Waals surface area contributed by atoms with Crippen LogP contribution < -0.4 is 15.9 Å². The Hall–Kier alpha value is -3.04. The van der Waals surface area contributed by atoms with Crippen molar-refractivity contribution in [1.82, 2.24) is 0 Å². The van der Waals surface area contributed by atoms with Crippen LogP contribution in [-0.2, 0) is 6.61 Å². The molecule has 1 aliphatic heterocycles. The summed E-state index contributed by atoms with van der Waals surface area (Å²) in [5, 5.41) is 18.6. The molecule has 6 nitrogen and oxygen atoms in total.